The summed E-state index contributed by atoms with van der Waals surface area (Å²) in [5.41, 5.74) is 8.13. The van der Waals surface area contributed by atoms with Crippen molar-refractivity contribution in [1.82, 2.24) is 25.0 Å². The molecule has 1 amide bonds. The van der Waals surface area contributed by atoms with E-state index in [0.29, 0.717) is 28.8 Å². The van der Waals surface area contributed by atoms with E-state index >= 15 is 0 Å². The van der Waals surface area contributed by atoms with Crippen LogP contribution in [-0.4, -0.2) is 52.3 Å². The van der Waals surface area contributed by atoms with E-state index in [2.05, 4.69) is 20.3 Å². The molecule has 2 aromatic heterocycles. The Labute approximate surface area is 232 Å². The third kappa shape index (κ3) is 6.76. The molecule has 38 heavy (non-hydrogen) atoms. The van der Waals surface area contributed by atoms with Gasteiger partial charge < -0.3 is 20.7 Å². The average Bonchev–Trinajstić information content (AvgIpc) is 3.41. The van der Waals surface area contributed by atoms with Crippen LogP contribution in [0.2, 0.25) is 10.0 Å². The Bertz CT molecular complexity index is 1260. The van der Waals surface area contributed by atoms with Gasteiger partial charge in [-0.15, -0.1) is 0 Å². The number of pyridine rings is 1. The molecule has 4 rings (SSSR count). The standard InChI is InChI=1S/C27H33Cl2FN6O2/c1-17(25-21(28)6-7-22(30)26(25)29)38-23-13-18(14-33-27(23)31)19-15-34-36(16-19)20-8-11-35(12-9-20)10-4-3-5-24(37)32-2/h6-7,13-17,20H,3-5,8-12H2,1-2H3,(H2,31,33)(H,32,37)/t17-/m1/s1. The summed E-state index contributed by atoms with van der Waals surface area (Å²) in [5.74, 6) is 0.0897. The SMILES string of the molecule is CNC(=O)CCCCN1CCC(n2cc(-c3cnc(N)c(O[C@H](C)c4c(Cl)ccc(F)c4Cl)c3)cn2)CC1. The molecule has 0 unspecified atom stereocenters. The largest absolute Gasteiger partial charge is 0.482 e. The molecule has 0 bridgehead atoms. The van der Waals surface area contributed by atoms with Gasteiger partial charge in [-0.1, -0.05) is 23.2 Å². The molecule has 8 nitrogen and oxygen atoms in total. The van der Waals surface area contributed by atoms with E-state index in [1.807, 2.05) is 17.1 Å². The zero-order chi connectivity index (χ0) is 27.2. The number of nitrogens with two attached hydrogens (primary N) is 1. The number of rotatable bonds is 10. The fraction of sp³-hybridized carbons (Fsp3) is 0.444. The summed E-state index contributed by atoms with van der Waals surface area (Å²) in [4.78, 5) is 18.1. The first-order valence-electron chi connectivity index (χ1n) is 12.8. The molecule has 0 aliphatic carbocycles. The molecule has 1 atom stereocenters. The molecule has 3 aromatic rings. The summed E-state index contributed by atoms with van der Waals surface area (Å²) >= 11 is 12.4. The van der Waals surface area contributed by atoms with Crippen LogP contribution in [-0.2, 0) is 4.79 Å². The number of amides is 1. The quantitative estimate of drug-likeness (QED) is 0.244. The Hall–Kier alpha value is -2.88. The van der Waals surface area contributed by atoms with E-state index in [1.165, 1.54) is 12.1 Å². The molecule has 11 heteroatoms. The van der Waals surface area contributed by atoms with Crippen LogP contribution in [0.15, 0.2) is 36.8 Å². The van der Waals surface area contributed by atoms with E-state index in [1.54, 1.807) is 26.2 Å². The van der Waals surface area contributed by atoms with Gasteiger partial charge in [-0.3, -0.25) is 9.48 Å². The molecule has 1 aliphatic heterocycles. The van der Waals surface area contributed by atoms with Gasteiger partial charge in [0.05, 0.1) is 17.3 Å². The molecule has 1 aromatic carbocycles. The van der Waals surface area contributed by atoms with Crippen molar-refractivity contribution >= 4 is 34.9 Å². The van der Waals surface area contributed by atoms with Crippen LogP contribution in [0.1, 0.15) is 56.7 Å². The number of nitrogen functional groups attached to an aromatic ring is 1. The summed E-state index contributed by atoms with van der Waals surface area (Å²) in [5, 5.41) is 7.51. The summed E-state index contributed by atoms with van der Waals surface area (Å²) in [7, 11) is 1.67. The van der Waals surface area contributed by atoms with Crippen LogP contribution < -0.4 is 15.8 Å². The van der Waals surface area contributed by atoms with E-state index in [0.717, 1.165) is 56.4 Å². The van der Waals surface area contributed by atoms with E-state index in [4.69, 9.17) is 33.7 Å². The second-order valence-corrected chi connectivity index (χ2v) is 10.3. The molecule has 1 fully saturated rings. The van der Waals surface area contributed by atoms with Gasteiger partial charge in [0.2, 0.25) is 5.91 Å². The molecular formula is C27H33Cl2FN6O2. The number of nitrogens with zero attached hydrogens (tertiary/aromatic N) is 4. The van der Waals surface area contributed by atoms with Gasteiger partial charge >= 0.3 is 0 Å². The normalized spacial score (nSPS) is 15.4. The van der Waals surface area contributed by atoms with Crippen LogP contribution in [0.4, 0.5) is 10.2 Å². The van der Waals surface area contributed by atoms with E-state index in [-0.39, 0.29) is 16.7 Å². The number of carbonyl (C=O) groups excluding carboxylic acids is 1. The summed E-state index contributed by atoms with van der Waals surface area (Å²) in [6, 6.07) is 4.78. The summed E-state index contributed by atoms with van der Waals surface area (Å²) in [6.45, 7) is 4.75. The minimum Gasteiger partial charge on any atom is -0.482 e. The number of benzene rings is 1. The van der Waals surface area contributed by atoms with Crippen molar-refractivity contribution in [3.63, 3.8) is 0 Å². The number of piperidine rings is 1. The molecule has 0 saturated carbocycles. The molecular weight excluding hydrogens is 530 g/mol. The monoisotopic (exact) mass is 562 g/mol. The molecule has 204 valence electrons. The third-order valence-electron chi connectivity index (χ3n) is 6.94. The zero-order valence-electron chi connectivity index (χ0n) is 21.6. The van der Waals surface area contributed by atoms with Crippen molar-refractivity contribution in [3.05, 3.63) is 58.2 Å². The molecule has 0 radical (unpaired) electrons. The molecule has 3 N–H and O–H groups in total. The van der Waals surface area contributed by atoms with Crippen LogP contribution in [0, 0.1) is 5.82 Å². The van der Waals surface area contributed by atoms with Gasteiger partial charge in [0, 0.05) is 60.7 Å². The predicted molar refractivity (Wildman–Crippen MR) is 148 cm³/mol. The van der Waals surface area contributed by atoms with Gasteiger partial charge in [0.15, 0.2) is 11.6 Å². The fourth-order valence-corrected chi connectivity index (χ4v) is 5.39. The van der Waals surface area contributed by atoms with Crippen molar-refractivity contribution in [2.24, 2.45) is 0 Å². The fourth-order valence-electron chi connectivity index (χ4n) is 4.71. The van der Waals surface area contributed by atoms with Crippen LogP contribution in [0.5, 0.6) is 5.75 Å². The third-order valence-corrected chi connectivity index (χ3v) is 7.66. The number of unbranched alkanes of at least 4 members (excludes halogenated alkanes) is 1. The minimum absolute atomic E-state index is 0.0797. The van der Waals surface area contributed by atoms with Gasteiger partial charge in [0.25, 0.3) is 0 Å². The number of hydrogen-bond donors (Lipinski definition) is 2. The first kappa shape index (κ1) is 28.1. The number of anilines is 1. The van der Waals surface area contributed by atoms with Gasteiger partial charge in [-0.2, -0.15) is 5.10 Å². The predicted octanol–water partition coefficient (Wildman–Crippen LogP) is 5.67. The summed E-state index contributed by atoms with van der Waals surface area (Å²) in [6.07, 6.45) is 9.39. The Morgan fingerprint density at radius 1 is 1.24 bits per heavy atom. The van der Waals surface area contributed by atoms with E-state index in [9.17, 15) is 9.18 Å². The smallest absolute Gasteiger partial charge is 0.219 e. The maximum Gasteiger partial charge on any atom is 0.219 e. The van der Waals surface area contributed by atoms with Crippen molar-refractivity contribution in [1.29, 1.82) is 0 Å². The lowest BCUT2D eigenvalue weighted by Crippen LogP contribution is -2.35. The first-order chi connectivity index (χ1) is 18.3. The lowest BCUT2D eigenvalue weighted by Gasteiger charge is -2.32. The number of ether oxygens (including phenoxy) is 1. The molecule has 1 aliphatic rings. The molecule has 0 spiro atoms. The summed E-state index contributed by atoms with van der Waals surface area (Å²) < 4.78 is 22.0. The van der Waals surface area contributed by atoms with Crippen molar-refractivity contribution in [2.75, 3.05) is 32.4 Å². The van der Waals surface area contributed by atoms with Crippen molar-refractivity contribution in [3.8, 4) is 16.9 Å². The number of halogens is 3. The topological polar surface area (TPSA) is 98.3 Å². The molecule has 3 heterocycles. The second-order valence-electron chi connectivity index (χ2n) is 9.54. The van der Waals surface area contributed by atoms with Crippen LogP contribution in [0.25, 0.3) is 11.1 Å². The number of carbonyl (C=O) groups is 1. The number of hydrogen-bond acceptors (Lipinski definition) is 6. The minimum atomic E-state index is -0.651. The maximum absolute atomic E-state index is 14.0. The van der Waals surface area contributed by atoms with Gasteiger partial charge in [0.1, 0.15) is 11.9 Å². The highest BCUT2D eigenvalue weighted by Crippen LogP contribution is 2.37. The highest BCUT2D eigenvalue weighted by Gasteiger charge is 2.22. The maximum atomic E-state index is 14.0. The Balaban J connectivity index is 1.37. The van der Waals surface area contributed by atoms with Gasteiger partial charge in [-0.05, 0) is 57.4 Å². The first-order valence-corrected chi connectivity index (χ1v) is 13.6. The highest BCUT2D eigenvalue weighted by atomic mass is 35.5. The average molecular weight is 564 g/mol. The number of likely N-dealkylation sites (tertiary alicyclic amines) is 1. The lowest BCUT2D eigenvalue weighted by atomic mass is 10.0. The lowest BCUT2D eigenvalue weighted by molar-refractivity contribution is -0.120. The zero-order valence-corrected chi connectivity index (χ0v) is 23.1. The second kappa shape index (κ2) is 12.8. The number of nitrogens with one attached hydrogen (secondary N) is 1. The van der Waals surface area contributed by atoms with Gasteiger partial charge in [-0.25, -0.2) is 9.37 Å². The van der Waals surface area contributed by atoms with Crippen LogP contribution in [0.3, 0.4) is 0 Å². The highest BCUT2D eigenvalue weighted by molar-refractivity contribution is 6.36. The van der Waals surface area contributed by atoms with E-state index < -0.39 is 11.9 Å². The molecule has 1 saturated heterocycles. The van der Waals surface area contributed by atoms with Crippen molar-refractivity contribution < 1.29 is 13.9 Å². The van der Waals surface area contributed by atoms with Crippen LogP contribution >= 0.6 is 23.2 Å². The Morgan fingerprint density at radius 2 is 2.00 bits per heavy atom. The number of aromatic nitrogens is 3. The van der Waals surface area contributed by atoms with Crippen molar-refractivity contribution in [2.45, 2.75) is 51.2 Å². The Kier molecular flexibility index (Phi) is 9.46. The Morgan fingerprint density at radius 3 is 2.74 bits per heavy atom.